The monoisotopic (exact) mass is 419 g/mol. The molecule has 3 heterocycles. The molecule has 1 aromatic carbocycles. The molecule has 5 rings (SSSR count). The average Bonchev–Trinajstić information content (AvgIpc) is 3.39. The number of rotatable bonds is 5. The van der Waals surface area contributed by atoms with Crippen LogP contribution in [0.4, 0.5) is 11.5 Å². The topological polar surface area (TPSA) is 106 Å². The quantitative estimate of drug-likeness (QED) is 0.271. The first-order chi connectivity index (χ1) is 14.7. The van der Waals surface area contributed by atoms with Crippen molar-refractivity contribution in [2.45, 2.75) is 25.7 Å². The second kappa shape index (κ2) is 7.68. The van der Waals surface area contributed by atoms with Crippen molar-refractivity contribution in [2.75, 3.05) is 5.43 Å². The highest BCUT2D eigenvalue weighted by Gasteiger charge is 2.19. The Morgan fingerprint density at radius 3 is 2.80 bits per heavy atom. The number of hydrazone groups is 1. The Kier molecular flexibility index (Phi) is 4.72. The van der Waals surface area contributed by atoms with Gasteiger partial charge >= 0.3 is 0 Å². The molecule has 150 valence electrons. The van der Waals surface area contributed by atoms with Crippen molar-refractivity contribution in [1.82, 2.24) is 9.97 Å². The maximum Gasteiger partial charge on any atom is 0.269 e. The predicted octanol–water partition coefficient (Wildman–Crippen LogP) is 5.18. The van der Waals surface area contributed by atoms with E-state index in [0.717, 1.165) is 28.6 Å². The highest BCUT2D eigenvalue weighted by molar-refractivity contribution is 7.19. The summed E-state index contributed by atoms with van der Waals surface area (Å²) in [6.45, 7) is 0. The first-order valence-electron chi connectivity index (χ1n) is 9.58. The maximum absolute atomic E-state index is 10.8. The number of fused-ring (bicyclic) bond motifs is 3. The lowest BCUT2D eigenvalue weighted by Gasteiger charge is -2.11. The first-order valence-corrected chi connectivity index (χ1v) is 10.4. The lowest BCUT2D eigenvalue weighted by Crippen LogP contribution is -2.00. The summed E-state index contributed by atoms with van der Waals surface area (Å²) in [5.74, 6) is 1.88. The molecule has 1 N–H and O–H groups in total. The van der Waals surface area contributed by atoms with Gasteiger partial charge in [0.15, 0.2) is 5.82 Å². The Bertz CT molecular complexity index is 1260. The molecule has 8 nitrogen and oxygen atoms in total. The molecule has 0 aliphatic heterocycles. The van der Waals surface area contributed by atoms with Crippen molar-refractivity contribution in [3.63, 3.8) is 0 Å². The van der Waals surface area contributed by atoms with Crippen LogP contribution in [0, 0.1) is 10.1 Å². The van der Waals surface area contributed by atoms with Crippen LogP contribution in [0.5, 0.6) is 0 Å². The number of nitrogens with zero attached hydrogens (tertiary/aromatic N) is 4. The van der Waals surface area contributed by atoms with Crippen molar-refractivity contribution < 1.29 is 9.34 Å². The average molecular weight is 419 g/mol. The Hall–Kier alpha value is -3.59. The van der Waals surface area contributed by atoms with Crippen molar-refractivity contribution in [3.05, 3.63) is 69.0 Å². The van der Waals surface area contributed by atoms with Gasteiger partial charge in [-0.1, -0.05) is 0 Å². The molecule has 4 aromatic rings. The van der Waals surface area contributed by atoms with Gasteiger partial charge in [-0.3, -0.25) is 15.5 Å². The van der Waals surface area contributed by atoms with Crippen molar-refractivity contribution in [1.29, 1.82) is 0 Å². The third-order valence-corrected chi connectivity index (χ3v) is 6.30. The van der Waals surface area contributed by atoms with E-state index in [-0.39, 0.29) is 5.69 Å². The molecule has 30 heavy (non-hydrogen) atoms. The van der Waals surface area contributed by atoms with Gasteiger partial charge in [-0.15, -0.1) is 11.3 Å². The van der Waals surface area contributed by atoms with Crippen molar-refractivity contribution in [2.24, 2.45) is 5.10 Å². The standard InChI is InChI=1S/C21H17N5O3S/c27-26(28)14-7-5-13(6-8-14)17-10-9-15(29-17)11-24-25-20-19-16-3-1-2-4-18(16)30-21(19)23-12-22-20/h5-12H,1-4H2,(H,22,23,25). The van der Waals surface area contributed by atoms with Gasteiger partial charge in [-0.25, -0.2) is 9.97 Å². The van der Waals surface area contributed by atoms with Gasteiger partial charge in [-0.2, -0.15) is 5.10 Å². The molecule has 0 fully saturated rings. The summed E-state index contributed by atoms with van der Waals surface area (Å²) in [4.78, 5) is 21.6. The van der Waals surface area contributed by atoms with Crippen LogP contribution in [0.1, 0.15) is 29.0 Å². The van der Waals surface area contributed by atoms with E-state index < -0.39 is 4.92 Å². The smallest absolute Gasteiger partial charge is 0.269 e. The number of benzene rings is 1. The zero-order valence-electron chi connectivity index (χ0n) is 15.9. The third-order valence-electron chi connectivity index (χ3n) is 5.10. The first kappa shape index (κ1) is 18.4. The van der Waals surface area contributed by atoms with E-state index in [1.165, 1.54) is 35.4 Å². The summed E-state index contributed by atoms with van der Waals surface area (Å²) in [5, 5.41) is 16.1. The van der Waals surface area contributed by atoms with E-state index in [1.807, 2.05) is 0 Å². The number of nitro groups is 1. The molecule has 0 unspecified atom stereocenters. The van der Waals surface area contributed by atoms with Gasteiger partial charge in [0.25, 0.3) is 5.69 Å². The number of aryl methyl sites for hydroxylation is 2. The van der Waals surface area contributed by atoms with Crippen LogP contribution in [0.3, 0.4) is 0 Å². The number of non-ortho nitro benzene ring substituents is 1. The minimum absolute atomic E-state index is 0.0445. The Balaban J connectivity index is 1.35. The van der Waals surface area contributed by atoms with Crippen LogP contribution in [0.15, 0.2) is 52.2 Å². The van der Waals surface area contributed by atoms with Crippen LogP contribution < -0.4 is 5.43 Å². The number of aromatic nitrogens is 2. The van der Waals surface area contributed by atoms with Gasteiger partial charge in [0, 0.05) is 22.6 Å². The number of nitrogens with one attached hydrogen (secondary N) is 1. The number of hydrogen-bond donors (Lipinski definition) is 1. The molecule has 1 aliphatic carbocycles. The largest absolute Gasteiger partial charge is 0.455 e. The molecule has 0 radical (unpaired) electrons. The Labute approximate surface area is 175 Å². The van der Waals surface area contributed by atoms with Gasteiger partial charge in [0.1, 0.15) is 22.7 Å². The molecule has 0 spiro atoms. The summed E-state index contributed by atoms with van der Waals surface area (Å²) >= 11 is 1.74. The molecular weight excluding hydrogens is 402 g/mol. The SMILES string of the molecule is O=[N+]([O-])c1ccc(-c2ccc(C=NNc3ncnc4sc5c(c34)CCCC5)o2)cc1. The summed E-state index contributed by atoms with van der Waals surface area (Å²) < 4.78 is 5.78. The van der Waals surface area contributed by atoms with Gasteiger partial charge in [0.05, 0.1) is 16.5 Å². The number of nitro benzene ring substituents is 1. The van der Waals surface area contributed by atoms with E-state index in [2.05, 4.69) is 20.5 Å². The predicted molar refractivity (Wildman–Crippen MR) is 116 cm³/mol. The lowest BCUT2D eigenvalue weighted by atomic mass is 9.97. The van der Waals surface area contributed by atoms with Gasteiger partial charge in [0.2, 0.25) is 0 Å². The summed E-state index contributed by atoms with van der Waals surface area (Å²) in [5.41, 5.74) is 5.18. The Morgan fingerprint density at radius 1 is 1.13 bits per heavy atom. The van der Waals surface area contributed by atoms with Crippen molar-refractivity contribution in [3.8, 4) is 11.3 Å². The van der Waals surface area contributed by atoms with E-state index in [4.69, 9.17) is 4.42 Å². The zero-order valence-corrected chi connectivity index (χ0v) is 16.7. The van der Waals surface area contributed by atoms with Crippen LogP contribution in [-0.4, -0.2) is 21.1 Å². The second-order valence-corrected chi connectivity index (χ2v) is 8.07. The molecular formula is C21H17N5O3S. The van der Waals surface area contributed by atoms with Crippen LogP contribution in [0.2, 0.25) is 0 Å². The fourth-order valence-electron chi connectivity index (χ4n) is 3.66. The van der Waals surface area contributed by atoms with Crippen molar-refractivity contribution >= 4 is 39.3 Å². The van der Waals surface area contributed by atoms with Crippen LogP contribution >= 0.6 is 11.3 Å². The van der Waals surface area contributed by atoms with E-state index >= 15 is 0 Å². The minimum Gasteiger partial charge on any atom is -0.455 e. The summed E-state index contributed by atoms with van der Waals surface area (Å²) in [6, 6.07) is 9.83. The number of hydrogen-bond acceptors (Lipinski definition) is 8. The second-order valence-electron chi connectivity index (χ2n) is 6.99. The normalized spacial score (nSPS) is 13.6. The van der Waals surface area contributed by atoms with E-state index in [0.29, 0.717) is 17.3 Å². The maximum atomic E-state index is 10.8. The lowest BCUT2D eigenvalue weighted by molar-refractivity contribution is -0.384. The Morgan fingerprint density at radius 2 is 1.97 bits per heavy atom. The highest BCUT2D eigenvalue weighted by Crippen LogP contribution is 2.38. The minimum atomic E-state index is -0.426. The van der Waals surface area contributed by atoms with Crippen LogP contribution in [0.25, 0.3) is 21.5 Å². The molecule has 3 aromatic heterocycles. The molecule has 0 saturated heterocycles. The van der Waals surface area contributed by atoms with E-state index in [9.17, 15) is 10.1 Å². The molecule has 9 heteroatoms. The number of anilines is 1. The number of thiophene rings is 1. The summed E-state index contributed by atoms with van der Waals surface area (Å²) in [7, 11) is 0. The fraction of sp³-hybridized carbons (Fsp3) is 0.190. The molecule has 0 bridgehead atoms. The fourth-order valence-corrected chi connectivity index (χ4v) is 4.89. The van der Waals surface area contributed by atoms with E-state index in [1.54, 1.807) is 48.1 Å². The zero-order chi connectivity index (χ0) is 20.5. The van der Waals surface area contributed by atoms with Gasteiger partial charge < -0.3 is 4.42 Å². The third kappa shape index (κ3) is 3.43. The molecule has 0 amide bonds. The molecule has 0 atom stereocenters. The van der Waals surface area contributed by atoms with Gasteiger partial charge in [-0.05, 0) is 55.5 Å². The molecule has 0 saturated carbocycles. The highest BCUT2D eigenvalue weighted by atomic mass is 32.1. The summed E-state index contributed by atoms with van der Waals surface area (Å²) in [6.07, 6.45) is 7.72. The number of furan rings is 1. The molecule has 1 aliphatic rings. The van der Waals surface area contributed by atoms with Crippen LogP contribution in [-0.2, 0) is 12.8 Å².